The number of carbonyl (C=O) groups is 1. The van der Waals surface area contributed by atoms with Crippen LogP contribution in [0.2, 0.25) is 0 Å². The van der Waals surface area contributed by atoms with Crippen molar-refractivity contribution in [2.75, 3.05) is 6.54 Å². The standard InChI is InChI=1S/C13H19BrN2O/c1-9(13(2,3)4)7-16-12(17)10-5-6-11(14)15-8-10/h5-6,8-9H,7H2,1-4H3,(H,16,17). The normalized spacial score (nSPS) is 13.2. The van der Waals surface area contributed by atoms with E-state index in [4.69, 9.17) is 0 Å². The van der Waals surface area contributed by atoms with Crippen LogP contribution in [0, 0.1) is 11.3 Å². The first kappa shape index (κ1) is 14.2. The first-order valence-electron chi connectivity index (χ1n) is 5.70. The highest BCUT2D eigenvalue weighted by Crippen LogP contribution is 2.24. The van der Waals surface area contributed by atoms with Crippen molar-refractivity contribution >= 4 is 21.8 Å². The van der Waals surface area contributed by atoms with Crippen LogP contribution in [0.3, 0.4) is 0 Å². The van der Waals surface area contributed by atoms with Crippen molar-refractivity contribution in [2.45, 2.75) is 27.7 Å². The third-order valence-corrected chi connectivity index (χ3v) is 3.51. The Morgan fingerprint density at radius 1 is 1.47 bits per heavy atom. The minimum Gasteiger partial charge on any atom is -0.352 e. The highest BCUT2D eigenvalue weighted by Gasteiger charge is 2.20. The molecule has 17 heavy (non-hydrogen) atoms. The van der Waals surface area contributed by atoms with Gasteiger partial charge in [0.15, 0.2) is 0 Å². The summed E-state index contributed by atoms with van der Waals surface area (Å²) in [5.41, 5.74) is 0.792. The summed E-state index contributed by atoms with van der Waals surface area (Å²) in [4.78, 5) is 15.9. The third kappa shape index (κ3) is 4.46. The second-order valence-electron chi connectivity index (χ2n) is 5.35. The van der Waals surface area contributed by atoms with E-state index in [0.717, 1.165) is 4.60 Å². The Bertz CT molecular complexity index is 381. The molecule has 0 spiro atoms. The maximum Gasteiger partial charge on any atom is 0.252 e. The van der Waals surface area contributed by atoms with Gasteiger partial charge in [0.05, 0.1) is 5.56 Å². The number of hydrogen-bond donors (Lipinski definition) is 1. The van der Waals surface area contributed by atoms with Crippen molar-refractivity contribution in [3.8, 4) is 0 Å². The first-order chi connectivity index (χ1) is 7.80. The van der Waals surface area contributed by atoms with Gasteiger partial charge in [0, 0.05) is 12.7 Å². The zero-order valence-electron chi connectivity index (χ0n) is 10.7. The van der Waals surface area contributed by atoms with E-state index in [0.29, 0.717) is 18.0 Å². The molecule has 1 atom stereocenters. The van der Waals surface area contributed by atoms with Crippen LogP contribution in [0.15, 0.2) is 22.9 Å². The molecule has 1 unspecified atom stereocenters. The van der Waals surface area contributed by atoms with Gasteiger partial charge in [-0.2, -0.15) is 0 Å². The number of amides is 1. The lowest BCUT2D eigenvalue weighted by Crippen LogP contribution is -2.33. The molecule has 1 aromatic rings. The Hall–Kier alpha value is -0.900. The molecule has 1 N–H and O–H groups in total. The fourth-order valence-electron chi connectivity index (χ4n) is 1.16. The lowest BCUT2D eigenvalue weighted by molar-refractivity contribution is 0.0936. The van der Waals surface area contributed by atoms with Gasteiger partial charge in [-0.25, -0.2) is 4.98 Å². The molecular weight excluding hydrogens is 280 g/mol. The van der Waals surface area contributed by atoms with E-state index < -0.39 is 0 Å². The molecule has 1 aromatic heterocycles. The summed E-state index contributed by atoms with van der Waals surface area (Å²) in [5, 5.41) is 2.93. The van der Waals surface area contributed by atoms with Gasteiger partial charge in [0.2, 0.25) is 0 Å². The van der Waals surface area contributed by atoms with Crippen molar-refractivity contribution in [2.24, 2.45) is 11.3 Å². The van der Waals surface area contributed by atoms with Gasteiger partial charge in [0.1, 0.15) is 4.60 Å². The van der Waals surface area contributed by atoms with Crippen LogP contribution in [0.4, 0.5) is 0 Å². The zero-order chi connectivity index (χ0) is 13.1. The van der Waals surface area contributed by atoms with Crippen molar-refractivity contribution in [3.63, 3.8) is 0 Å². The van der Waals surface area contributed by atoms with E-state index >= 15 is 0 Å². The molecule has 0 fully saturated rings. The Kier molecular flexibility index (Phi) is 4.69. The van der Waals surface area contributed by atoms with Gasteiger partial charge >= 0.3 is 0 Å². The van der Waals surface area contributed by atoms with Gasteiger partial charge in [0.25, 0.3) is 5.91 Å². The molecule has 1 amide bonds. The minimum atomic E-state index is -0.0684. The van der Waals surface area contributed by atoms with Gasteiger partial charge in [-0.15, -0.1) is 0 Å². The zero-order valence-corrected chi connectivity index (χ0v) is 12.3. The maximum atomic E-state index is 11.8. The fraction of sp³-hybridized carbons (Fsp3) is 0.538. The maximum absolute atomic E-state index is 11.8. The molecule has 0 aliphatic carbocycles. The third-order valence-electron chi connectivity index (χ3n) is 3.04. The van der Waals surface area contributed by atoms with Gasteiger partial charge in [-0.1, -0.05) is 27.7 Å². The Morgan fingerprint density at radius 2 is 2.12 bits per heavy atom. The number of carbonyl (C=O) groups excluding carboxylic acids is 1. The highest BCUT2D eigenvalue weighted by molar-refractivity contribution is 9.10. The summed E-state index contributed by atoms with van der Waals surface area (Å²) in [6.45, 7) is 9.33. The van der Waals surface area contributed by atoms with Crippen LogP contribution in [0.5, 0.6) is 0 Å². The first-order valence-corrected chi connectivity index (χ1v) is 6.50. The molecule has 0 saturated carbocycles. The largest absolute Gasteiger partial charge is 0.352 e. The number of nitrogens with one attached hydrogen (secondary N) is 1. The van der Waals surface area contributed by atoms with Crippen LogP contribution in [-0.2, 0) is 0 Å². The summed E-state index contributed by atoms with van der Waals surface area (Å²) >= 11 is 3.24. The summed E-state index contributed by atoms with van der Waals surface area (Å²) in [7, 11) is 0. The molecule has 0 aliphatic heterocycles. The number of hydrogen-bond acceptors (Lipinski definition) is 2. The summed E-state index contributed by atoms with van der Waals surface area (Å²) < 4.78 is 0.733. The highest BCUT2D eigenvalue weighted by atomic mass is 79.9. The number of aromatic nitrogens is 1. The van der Waals surface area contributed by atoms with Crippen molar-refractivity contribution in [1.29, 1.82) is 0 Å². The molecule has 0 radical (unpaired) electrons. The van der Waals surface area contributed by atoms with Crippen LogP contribution in [0.25, 0.3) is 0 Å². The topological polar surface area (TPSA) is 42.0 Å². The van der Waals surface area contributed by atoms with E-state index in [-0.39, 0.29) is 11.3 Å². The number of pyridine rings is 1. The lowest BCUT2D eigenvalue weighted by Gasteiger charge is -2.27. The predicted octanol–water partition coefficient (Wildman–Crippen LogP) is 3.26. The monoisotopic (exact) mass is 298 g/mol. The van der Waals surface area contributed by atoms with E-state index in [9.17, 15) is 4.79 Å². The average molecular weight is 299 g/mol. The molecule has 0 bridgehead atoms. The van der Waals surface area contributed by atoms with E-state index in [1.807, 2.05) is 0 Å². The molecule has 3 nitrogen and oxygen atoms in total. The van der Waals surface area contributed by atoms with Crippen molar-refractivity contribution in [3.05, 3.63) is 28.5 Å². The van der Waals surface area contributed by atoms with Gasteiger partial charge in [-0.05, 0) is 39.4 Å². The molecule has 1 heterocycles. The van der Waals surface area contributed by atoms with Crippen molar-refractivity contribution < 1.29 is 4.79 Å². The molecular formula is C13H19BrN2O. The summed E-state index contributed by atoms with van der Waals surface area (Å²) in [5.74, 6) is 0.357. The molecule has 94 valence electrons. The molecule has 0 aliphatic rings. The van der Waals surface area contributed by atoms with E-state index in [2.05, 4.69) is 53.9 Å². The number of rotatable bonds is 3. The van der Waals surface area contributed by atoms with E-state index in [1.54, 1.807) is 18.3 Å². The molecule has 0 aromatic carbocycles. The van der Waals surface area contributed by atoms with Crippen LogP contribution < -0.4 is 5.32 Å². The quantitative estimate of drug-likeness (QED) is 0.870. The second kappa shape index (κ2) is 5.63. The fourth-order valence-corrected chi connectivity index (χ4v) is 1.40. The van der Waals surface area contributed by atoms with Gasteiger partial charge < -0.3 is 5.32 Å². The second-order valence-corrected chi connectivity index (χ2v) is 6.16. The number of halogens is 1. The van der Waals surface area contributed by atoms with Crippen LogP contribution >= 0.6 is 15.9 Å². The summed E-state index contributed by atoms with van der Waals surface area (Å²) in [6.07, 6.45) is 1.57. The van der Waals surface area contributed by atoms with Crippen LogP contribution in [-0.4, -0.2) is 17.4 Å². The predicted molar refractivity (Wildman–Crippen MR) is 72.9 cm³/mol. The Labute approximate surface area is 111 Å². The van der Waals surface area contributed by atoms with Crippen molar-refractivity contribution in [1.82, 2.24) is 10.3 Å². The summed E-state index contributed by atoms with van der Waals surface area (Å²) in [6, 6.07) is 3.52. The lowest BCUT2D eigenvalue weighted by atomic mass is 9.82. The minimum absolute atomic E-state index is 0.0684. The molecule has 1 rings (SSSR count). The smallest absolute Gasteiger partial charge is 0.252 e. The molecule has 0 saturated heterocycles. The Morgan fingerprint density at radius 3 is 2.59 bits per heavy atom. The van der Waals surface area contributed by atoms with Crippen LogP contribution in [0.1, 0.15) is 38.1 Å². The average Bonchev–Trinajstić information content (AvgIpc) is 2.25. The molecule has 4 heteroatoms. The SMILES string of the molecule is CC(CNC(=O)c1ccc(Br)nc1)C(C)(C)C. The Balaban J connectivity index is 2.53. The van der Waals surface area contributed by atoms with E-state index in [1.165, 1.54) is 0 Å². The van der Waals surface area contributed by atoms with Gasteiger partial charge in [-0.3, -0.25) is 4.79 Å². The number of nitrogens with zero attached hydrogens (tertiary/aromatic N) is 1.